The standard InChI is InChI=1S/C18H21N3O4.C2HF3O2/c1-2-16-15(9-20-25-16)17(22)21-11-18(12-21)13(5-7-24-18)10-23-14-4-3-6-19-8-14;3-2(4,5)1(6)7/h3-4,6,8-9,13H,2,5,7,10-12H2,1H3;(H,6,7). The lowest BCUT2D eigenvalue weighted by atomic mass is 9.81. The number of halogens is 3. The number of rotatable bonds is 5. The number of carboxylic acids is 1. The summed E-state index contributed by atoms with van der Waals surface area (Å²) in [5.74, 6) is -1.13. The molecule has 2 aromatic heterocycles. The Morgan fingerprint density at radius 1 is 1.34 bits per heavy atom. The fourth-order valence-corrected chi connectivity index (χ4v) is 3.61. The molecule has 1 amide bonds. The Labute approximate surface area is 181 Å². The van der Waals surface area contributed by atoms with Gasteiger partial charge in [0.15, 0.2) is 0 Å². The van der Waals surface area contributed by atoms with Gasteiger partial charge in [-0.1, -0.05) is 12.1 Å². The van der Waals surface area contributed by atoms with Crippen LogP contribution < -0.4 is 4.74 Å². The van der Waals surface area contributed by atoms with Gasteiger partial charge in [-0.2, -0.15) is 13.2 Å². The number of pyridine rings is 1. The summed E-state index contributed by atoms with van der Waals surface area (Å²) in [6, 6.07) is 3.74. The summed E-state index contributed by atoms with van der Waals surface area (Å²) in [7, 11) is 0. The van der Waals surface area contributed by atoms with Crippen LogP contribution in [0.25, 0.3) is 0 Å². The lowest BCUT2D eigenvalue weighted by Gasteiger charge is -2.49. The molecular weight excluding hydrogens is 435 g/mol. The van der Waals surface area contributed by atoms with E-state index in [0.29, 0.717) is 44.0 Å². The minimum absolute atomic E-state index is 0.0360. The maximum atomic E-state index is 12.6. The van der Waals surface area contributed by atoms with E-state index in [4.69, 9.17) is 23.9 Å². The summed E-state index contributed by atoms with van der Waals surface area (Å²) in [5, 5.41) is 10.9. The second-order valence-electron chi connectivity index (χ2n) is 7.38. The SMILES string of the molecule is CCc1oncc1C(=O)N1CC2(C1)OCCC2COc1cccnc1.O=C(O)C(F)(F)F. The van der Waals surface area contributed by atoms with Gasteiger partial charge in [0.05, 0.1) is 32.1 Å². The molecule has 0 radical (unpaired) electrons. The van der Waals surface area contributed by atoms with Gasteiger partial charge in [-0.05, 0) is 18.6 Å². The number of ether oxygens (including phenoxy) is 2. The molecule has 1 atom stereocenters. The number of carbonyl (C=O) groups excluding carboxylic acids is 1. The number of nitrogens with zero attached hydrogens (tertiary/aromatic N) is 3. The van der Waals surface area contributed by atoms with Crippen molar-refractivity contribution in [2.75, 3.05) is 26.3 Å². The first kappa shape index (κ1) is 23.5. The molecule has 1 unspecified atom stereocenters. The summed E-state index contributed by atoms with van der Waals surface area (Å²) in [5.41, 5.74) is 0.264. The van der Waals surface area contributed by atoms with Crippen molar-refractivity contribution < 1.29 is 41.9 Å². The largest absolute Gasteiger partial charge is 0.492 e. The molecule has 32 heavy (non-hydrogen) atoms. The Hall–Kier alpha value is -3.15. The molecule has 12 heteroatoms. The summed E-state index contributed by atoms with van der Waals surface area (Å²) in [4.78, 5) is 27.4. The fourth-order valence-electron chi connectivity index (χ4n) is 3.61. The van der Waals surface area contributed by atoms with Crippen molar-refractivity contribution in [3.63, 3.8) is 0 Å². The normalized spacial score (nSPS) is 19.1. The van der Waals surface area contributed by atoms with Crippen LogP contribution in [-0.2, 0) is 16.0 Å². The Morgan fingerprint density at radius 3 is 2.66 bits per heavy atom. The van der Waals surface area contributed by atoms with E-state index in [1.807, 2.05) is 19.1 Å². The molecule has 2 saturated heterocycles. The van der Waals surface area contributed by atoms with Crippen LogP contribution in [0.4, 0.5) is 13.2 Å². The third kappa shape index (κ3) is 5.18. The van der Waals surface area contributed by atoms with Crippen LogP contribution in [-0.4, -0.2) is 70.1 Å². The van der Waals surface area contributed by atoms with Crippen molar-refractivity contribution in [3.05, 3.63) is 42.0 Å². The molecule has 1 N–H and O–H groups in total. The quantitative estimate of drug-likeness (QED) is 0.729. The van der Waals surface area contributed by atoms with Gasteiger partial charge in [0.25, 0.3) is 5.91 Å². The maximum Gasteiger partial charge on any atom is 0.490 e. The average Bonchev–Trinajstić information content (AvgIpc) is 3.38. The van der Waals surface area contributed by atoms with E-state index in [1.54, 1.807) is 17.3 Å². The third-order valence-corrected chi connectivity index (χ3v) is 5.33. The smallest absolute Gasteiger partial charge is 0.490 e. The van der Waals surface area contributed by atoms with Gasteiger partial charge in [-0.15, -0.1) is 0 Å². The van der Waals surface area contributed by atoms with Gasteiger partial charge in [0, 0.05) is 25.1 Å². The monoisotopic (exact) mass is 457 g/mol. The number of aromatic nitrogens is 2. The van der Waals surface area contributed by atoms with Gasteiger partial charge in [0.1, 0.15) is 22.7 Å². The van der Waals surface area contributed by atoms with Crippen LogP contribution in [0.3, 0.4) is 0 Å². The highest BCUT2D eigenvalue weighted by Gasteiger charge is 2.55. The number of aryl methyl sites for hydroxylation is 1. The molecule has 2 aliphatic rings. The molecule has 0 aromatic carbocycles. The molecule has 2 fully saturated rings. The minimum atomic E-state index is -5.08. The van der Waals surface area contributed by atoms with Crippen LogP contribution in [0.5, 0.6) is 5.75 Å². The van der Waals surface area contributed by atoms with Crippen LogP contribution >= 0.6 is 0 Å². The number of amides is 1. The Kier molecular flexibility index (Phi) is 7.02. The number of hydrogen-bond acceptors (Lipinski definition) is 7. The topological polar surface area (TPSA) is 115 Å². The first-order chi connectivity index (χ1) is 15.2. The van der Waals surface area contributed by atoms with E-state index < -0.39 is 12.1 Å². The van der Waals surface area contributed by atoms with E-state index in [0.717, 1.165) is 12.2 Å². The Morgan fingerprint density at radius 2 is 2.06 bits per heavy atom. The van der Waals surface area contributed by atoms with Crippen LogP contribution in [0.15, 0.2) is 35.2 Å². The molecule has 174 valence electrons. The van der Waals surface area contributed by atoms with Crippen molar-refractivity contribution >= 4 is 11.9 Å². The van der Waals surface area contributed by atoms with Crippen molar-refractivity contribution in [1.29, 1.82) is 0 Å². The molecule has 0 aliphatic carbocycles. The number of likely N-dealkylation sites (tertiary alicyclic amines) is 1. The fraction of sp³-hybridized carbons (Fsp3) is 0.500. The molecule has 4 heterocycles. The summed E-state index contributed by atoms with van der Waals surface area (Å²) >= 11 is 0. The molecule has 0 bridgehead atoms. The van der Waals surface area contributed by atoms with Gasteiger partial charge >= 0.3 is 12.1 Å². The Balaban J connectivity index is 0.000000360. The number of carboxylic acid groups (broad SMARTS) is 1. The molecule has 4 rings (SSSR count). The number of alkyl halides is 3. The van der Waals surface area contributed by atoms with E-state index in [2.05, 4.69) is 10.1 Å². The lowest BCUT2D eigenvalue weighted by Crippen LogP contribution is -2.66. The number of hydrogen-bond donors (Lipinski definition) is 1. The number of carbonyl (C=O) groups is 2. The highest BCUT2D eigenvalue weighted by molar-refractivity contribution is 5.95. The molecule has 9 nitrogen and oxygen atoms in total. The Bertz CT molecular complexity index is 928. The molecule has 1 spiro atoms. The first-order valence-electron chi connectivity index (χ1n) is 9.86. The van der Waals surface area contributed by atoms with E-state index in [-0.39, 0.29) is 17.4 Å². The van der Waals surface area contributed by atoms with Crippen molar-refractivity contribution in [2.24, 2.45) is 5.92 Å². The van der Waals surface area contributed by atoms with E-state index >= 15 is 0 Å². The number of aliphatic carboxylic acids is 1. The van der Waals surface area contributed by atoms with Gasteiger partial charge in [-0.3, -0.25) is 9.78 Å². The molecule has 2 aromatic rings. The predicted molar refractivity (Wildman–Crippen MR) is 102 cm³/mol. The van der Waals surface area contributed by atoms with Crippen LogP contribution in [0.2, 0.25) is 0 Å². The van der Waals surface area contributed by atoms with E-state index in [1.165, 1.54) is 6.20 Å². The van der Waals surface area contributed by atoms with Crippen LogP contribution in [0.1, 0.15) is 29.5 Å². The summed E-state index contributed by atoms with van der Waals surface area (Å²) in [6.07, 6.45) is 1.44. The minimum Gasteiger partial charge on any atom is -0.492 e. The highest BCUT2D eigenvalue weighted by Crippen LogP contribution is 2.41. The van der Waals surface area contributed by atoms with Gasteiger partial charge in [-0.25, -0.2) is 4.79 Å². The zero-order valence-corrected chi connectivity index (χ0v) is 17.2. The average molecular weight is 457 g/mol. The summed E-state index contributed by atoms with van der Waals surface area (Å²) < 4.78 is 48.7. The summed E-state index contributed by atoms with van der Waals surface area (Å²) in [6.45, 7) is 4.39. The highest BCUT2D eigenvalue weighted by atomic mass is 19.4. The van der Waals surface area contributed by atoms with Gasteiger partial charge in [0.2, 0.25) is 0 Å². The van der Waals surface area contributed by atoms with Crippen LogP contribution in [0, 0.1) is 5.92 Å². The van der Waals surface area contributed by atoms with Crippen molar-refractivity contribution in [1.82, 2.24) is 15.0 Å². The van der Waals surface area contributed by atoms with Crippen molar-refractivity contribution in [3.8, 4) is 5.75 Å². The second-order valence-corrected chi connectivity index (χ2v) is 7.38. The third-order valence-electron chi connectivity index (χ3n) is 5.33. The lowest BCUT2D eigenvalue weighted by molar-refractivity contribution is -0.192. The van der Waals surface area contributed by atoms with E-state index in [9.17, 15) is 18.0 Å². The maximum absolute atomic E-state index is 12.6. The molecule has 2 aliphatic heterocycles. The predicted octanol–water partition coefficient (Wildman–Crippen LogP) is 2.58. The van der Waals surface area contributed by atoms with Crippen molar-refractivity contribution in [2.45, 2.75) is 31.5 Å². The second kappa shape index (κ2) is 9.55. The zero-order valence-electron chi connectivity index (χ0n) is 17.2. The molecular formula is C20H22F3N3O6. The first-order valence-corrected chi connectivity index (χ1v) is 9.86. The zero-order chi connectivity index (χ0) is 23.4. The molecule has 0 saturated carbocycles. The van der Waals surface area contributed by atoms with Gasteiger partial charge < -0.3 is 24.0 Å².